The number of hydrogen-bond donors (Lipinski definition) is 1. The third-order valence-corrected chi connectivity index (χ3v) is 1.23. The summed E-state index contributed by atoms with van der Waals surface area (Å²) in [6.07, 6.45) is -9.28. The van der Waals surface area contributed by atoms with Gasteiger partial charge in [0.15, 0.2) is 0 Å². The Bertz CT molecular complexity index is 110. The third-order valence-electron chi connectivity index (χ3n) is 1.23. The molecule has 1 N–H and O–H groups in total. The minimum atomic E-state index is -4.33. The van der Waals surface area contributed by atoms with Crippen molar-refractivity contribution in [2.45, 2.75) is 38.2 Å². The van der Waals surface area contributed by atoms with E-state index in [1.54, 1.807) is 0 Å². The fraction of sp³-hybridized carbons (Fsp3) is 1.00. The number of aliphatic hydroxyl groups excluding tert-OH is 1. The van der Waals surface area contributed by atoms with Crippen molar-refractivity contribution in [2.75, 3.05) is 0 Å². The second-order valence-corrected chi connectivity index (χ2v) is 2.41. The van der Waals surface area contributed by atoms with E-state index in [9.17, 15) is 17.6 Å². The smallest absolute Gasteiger partial charge is 0.389 e. The highest BCUT2D eigenvalue weighted by Gasteiger charge is 2.29. The summed E-state index contributed by atoms with van der Waals surface area (Å²) in [7, 11) is 0. The standard InChI is InChI=1S/C6H10F4O/c1-4(11)5(7)2-3-6(8,9)10/h4-5,11H,2-3H2,1H3. The maximum atomic E-state index is 12.3. The topological polar surface area (TPSA) is 20.2 Å². The molecule has 0 rings (SSSR count). The summed E-state index contributed by atoms with van der Waals surface area (Å²) in [6.45, 7) is 1.13. The first-order valence-corrected chi connectivity index (χ1v) is 3.22. The van der Waals surface area contributed by atoms with Crippen LogP contribution in [0.2, 0.25) is 0 Å². The van der Waals surface area contributed by atoms with Crippen LogP contribution in [0.4, 0.5) is 17.6 Å². The molecule has 0 heterocycles. The van der Waals surface area contributed by atoms with Crippen LogP contribution in [-0.4, -0.2) is 23.6 Å². The van der Waals surface area contributed by atoms with E-state index in [0.29, 0.717) is 0 Å². The molecular formula is C6H10F4O. The van der Waals surface area contributed by atoms with E-state index in [0.717, 1.165) is 6.92 Å². The molecule has 0 bridgehead atoms. The first kappa shape index (κ1) is 10.7. The monoisotopic (exact) mass is 174 g/mol. The van der Waals surface area contributed by atoms with Gasteiger partial charge in [0.05, 0.1) is 6.10 Å². The molecule has 0 aliphatic rings. The van der Waals surface area contributed by atoms with Crippen molar-refractivity contribution in [3.8, 4) is 0 Å². The molecule has 0 amide bonds. The molecule has 0 aliphatic carbocycles. The van der Waals surface area contributed by atoms with Gasteiger partial charge in [-0.15, -0.1) is 0 Å². The van der Waals surface area contributed by atoms with Gasteiger partial charge in [-0.2, -0.15) is 13.2 Å². The quantitative estimate of drug-likeness (QED) is 0.649. The number of alkyl halides is 4. The molecule has 68 valence electrons. The summed E-state index contributed by atoms with van der Waals surface area (Å²) in [5.41, 5.74) is 0. The molecule has 0 saturated carbocycles. The van der Waals surface area contributed by atoms with Crippen LogP contribution in [0.5, 0.6) is 0 Å². The van der Waals surface area contributed by atoms with E-state index in [4.69, 9.17) is 5.11 Å². The van der Waals surface area contributed by atoms with E-state index in [-0.39, 0.29) is 0 Å². The Morgan fingerprint density at radius 1 is 1.36 bits per heavy atom. The molecule has 5 heteroatoms. The molecule has 11 heavy (non-hydrogen) atoms. The van der Waals surface area contributed by atoms with E-state index in [1.165, 1.54) is 0 Å². The van der Waals surface area contributed by atoms with E-state index in [2.05, 4.69) is 0 Å². The number of rotatable bonds is 3. The predicted molar refractivity (Wildman–Crippen MR) is 31.9 cm³/mol. The molecule has 0 aromatic rings. The van der Waals surface area contributed by atoms with Crippen molar-refractivity contribution in [3.05, 3.63) is 0 Å². The molecule has 0 spiro atoms. The molecule has 0 saturated heterocycles. The van der Waals surface area contributed by atoms with E-state index >= 15 is 0 Å². The second-order valence-electron chi connectivity index (χ2n) is 2.41. The molecule has 0 fully saturated rings. The van der Waals surface area contributed by atoms with Gasteiger partial charge in [0.2, 0.25) is 0 Å². The average molecular weight is 174 g/mol. The minimum Gasteiger partial charge on any atom is -0.390 e. The van der Waals surface area contributed by atoms with Gasteiger partial charge in [-0.1, -0.05) is 0 Å². The minimum absolute atomic E-state index is 0.666. The van der Waals surface area contributed by atoms with E-state index < -0.39 is 31.3 Å². The second kappa shape index (κ2) is 3.90. The highest BCUT2D eigenvalue weighted by atomic mass is 19.4. The number of halogens is 4. The molecule has 0 aromatic carbocycles. The molecule has 0 radical (unpaired) electrons. The lowest BCUT2D eigenvalue weighted by Gasteiger charge is -2.11. The molecule has 1 nitrogen and oxygen atoms in total. The summed E-state index contributed by atoms with van der Waals surface area (Å²) >= 11 is 0. The number of hydrogen-bond acceptors (Lipinski definition) is 1. The van der Waals surface area contributed by atoms with Gasteiger partial charge in [-0.25, -0.2) is 4.39 Å². The third kappa shape index (κ3) is 6.09. The van der Waals surface area contributed by atoms with Crippen LogP contribution in [0.25, 0.3) is 0 Å². The molecule has 0 aliphatic heterocycles. The van der Waals surface area contributed by atoms with Gasteiger partial charge in [0.25, 0.3) is 0 Å². The van der Waals surface area contributed by atoms with Crippen LogP contribution in [0, 0.1) is 0 Å². The SMILES string of the molecule is CC(O)C(F)CCC(F)(F)F. The maximum Gasteiger partial charge on any atom is 0.389 e. The Balaban J connectivity index is 3.54. The molecule has 2 atom stereocenters. The average Bonchev–Trinajstić information content (AvgIpc) is 1.80. The first-order valence-electron chi connectivity index (χ1n) is 3.22. The summed E-state index contributed by atoms with van der Waals surface area (Å²) in [6, 6.07) is 0. The van der Waals surface area contributed by atoms with Crippen LogP contribution < -0.4 is 0 Å². The highest BCUT2D eigenvalue weighted by Crippen LogP contribution is 2.23. The van der Waals surface area contributed by atoms with Gasteiger partial charge in [-0.05, 0) is 13.3 Å². The zero-order chi connectivity index (χ0) is 9.07. The normalized spacial score (nSPS) is 18.0. The van der Waals surface area contributed by atoms with Gasteiger partial charge >= 0.3 is 6.18 Å². The fourth-order valence-corrected chi connectivity index (χ4v) is 0.543. The molecule has 0 aromatic heterocycles. The Morgan fingerprint density at radius 3 is 2.09 bits per heavy atom. The van der Waals surface area contributed by atoms with Gasteiger partial charge in [-0.3, -0.25) is 0 Å². The summed E-state index contributed by atoms with van der Waals surface area (Å²) in [4.78, 5) is 0. The van der Waals surface area contributed by atoms with Crippen LogP contribution in [0.3, 0.4) is 0 Å². The van der Waals surface area contributed by atoms with Gasteiger partial charge in [0.1, 0.15) is 6.17 Å². The Morgan fingerprint density at radius 2 is 1.82 bits per heavy atom. The highest BCUT2D eigenvalue weighted by molar-refractivity contribution is 4.64. The summed E-state index contributed by atoms with van der Waals surface area (Å²) < 4.78 is 46.6. The predicted octanol–water partition coefficient (Wildman–Crippen LogP) is 2.05. The molecular weight excluding hydrogens is 164 g/mol. The largest absolute Gasteiger partial charge is 0.390 e. The Hall–Kier alpha value is -0.320. The van der Waals surface area contributed by atoms with Crippen molar-refractivity contribution < 1.29 is 22.7 Å². The van der Waals surface area contributed by atoms with Crippen LogP contribution in [-0.2, 0) is 0 Å². The van der Waals surface area contributed by atoms with Crippen molar-refractivity contribution in [3.63, 3.8) is 0 Å². The van der Waals surface area contributed by atoms with Crippen LogP contribution in [0.15, 0.2) is 0 Å². The van der Waals surface area contributed by atoms with E-state index in [1.807, 2.05) is 0 Å². The lowest BCUT2D eigenvalue weighted by molar-refractivity contribution is -0.139. The summed E-state index contributed by atoms with van der Waals surface area (Å²) in [5.74, 6) is 0. The zero-order valence-electron chi connectivity index (χ0n) is 6.03. The first-order chi connectivity index (χ1) is 4.83. The van der Waals surface area contributed by atoms with Gasteiger partial charge in [0, 0.05) is 6.42 Å². The Labute approximate surface area is 62.0 Å². The number of aliphatic hydroxyl groups is 1. The zero-order valence-corrected chi connectivity index (χ0v) is 6.03. The van der Waals surface area contributed by atoms with Crippen molar-refractivity contribution in [1.82, 2.24) is 0 Å². The maximum absolute atomic E-state index is 12.3. The lowest BCUT2D eigenvalue weighted by atomic mass is 10.1. The lowest BCUT2D eigenvalue weighted by Crippen LogP contribution is -2.20. The summed E-state index contributed by atoms with van der Waals surface area (Å²) in [5, 5.41) is 8.48. The van der Waals surface area contributed by atoms with Crippen LogP contribution >= 0.6 is 0 Å². The van der Waals surface area contributed by atoms with Crippen molar-refractivity contribution in [1.29, 1.82) is 0 Å². The van der Waals surface area contributed by atoms with Crippen molar-refractivity contribution >= 4 is 0 Å². The van der Waals surface area contributed by atoms with Gasteiger partial charge < -0.3 is 5.11 Å². The van der Waals surface area contributed by atoms with Crippen LogP contribution in [0.1, 0.15) is 19.8 Å². The van der Waals surface area contributed by atoms with Crippen molar-refractivity contribution in [2.24, 2.45) is 0 Å². The molecule has 2 unspecified atom stereocenters. The Kier molecular flexibility index (Phi) is 3.78. The fourth-order valence-electron chi connectivity index (χ4n) is 0.543.